The van der Waals surface area contributed by atoms with Gasteiger partial charge in [0.1, 0.15) is 5.02 Å². The number of hydrogen-bond donors (Lipinski definition) is 1. The van der Waals surface area contributed by atoms with E-state index in [9.17, 15) is 0 Å². The molecule has 0 unspecified atom stereocenters. The van der Waals surface area contributed by atoms with Crippen LogP contribution in [0.2, 0.25) is 5.02 Å². The van der Waals surface area contributed by atoms with Crippen molar-refractivity contribution in [1.29, 1.82) is 0 Å². The van der Waals surface area contributed by atoms with Crippen LogP contribution in [0.4, 0.5) is 0 Å². The number of benzene rings is 1. The summed E-state index contributed by atoms with van der Waals surface area (Å²) < 4.78 is 10.9. The van der Waals surface area contributed by atoms with E-state index in [0.29, 0.717) is 28.9 Å². The first-order chi connectivity index (χ1) is 8.74. The van der Waals surface area contributed by atoms with Crippen molar-refractivity contribution in [2.75, 3.05) is 7.11 Å². The minimum Gasteiger partial charge on any atom is -0.493 e. The summed E-state index contributed by atoms with van der Waals surface area (Å²) in [7, 11) is 1.57. The zero-order valence-electron chi connectivity index (χ0n) is 9.89. The lowest BCUT2D eigenvalue weighted by atomic mass is 10.2. The van der Waals surface area contributed by atoms with Gasteiger partial charge >= 0.3 is 0 Å². The summed E-state index contributed by atoms with van der Waals surface area (Å²) in [5, 5.41) is 0.447. The number of methoxy groups -OCH3 is 1. The van der Waals surface area contributed by atoms with Gasteiger partial charge < -0.3 is 15.2 Å². The van der Waals surface area contributed by atoms with Crippen LogP contribution in [0.25, 0.3) is 0 Å². The predicted octanol–water partition coefficient (Wildman–Crippen LogP) is 2.99. The summed E-state index contributed by atoms with van der Waals surface area (Å²) in [6.07, 6.45) is 1.61. The Morgan fingerprint density at radius 1 is 1.28 bits per heavy atom. The van der Waals surface area contributed by atoms with Crippen LogP contribution in [0.3, 0.4) is 0 Å². The van der Waals surface area contributed by atoms with Crippen LogP contribution in [0, 0.1) is 0 Å². The molecule has 0 radical (unpaired) electrons. The van der Waals surface area contributed by atoms with E-state index in [0.717, 1.165) is 5.56 Å². The lowest BCUT2D eigenvalue weighted by Crippen LogP contribution is -1.98. The molecule has 2 rings (SSSR count). The molecule has 1 heterocycles. The zero-order valence-corrected chi connectivity index (χ0v) is 10.6. The molecule has 18 heavy (non-hydrogen) atoms. The monoisotopic (exact) mass is 264 g/mol. The molecular weight excluding hydrogens is 252 g/mol. The molecule has 0 spiro atoms. The van der Waals surface area contributed by atoms with Gasteiger partial charge in [-0.1, -0.05) is 17.7 Å². The van der Waals surface area contributed by atoms with Gasteiger partial charge in [0.2, 0.25) is 5.88 Å². The van der Waals surface area contributed by atoms with E-state index in [4.69, 9.17) is 26.8 Å². The average Bonchev–Trinajstić information content (AvgIpc) is 2.41. The van der Waals surface area contributed by atoms with Crippen LogP contribution in [0.15, 0.2) is 36.5 Å². The Labute approximate surface area is 110 Å². The van der Waals surface area contributed by atoms with Gasteiger partial charge in [0.15, 0.2) is 11.5 Å². The van der Waals surface area contributed by atoms with Gasteiger partial charge in [-0.05, 0) is 29.8 Å². The van der Waals surface area contributed by atoms with Crippen LogP contribution >= 0.6 is 11.6 Å². The summed E-state index contributed by atoms with van der Waals surface area (Å²) in [6, 6.07) is 8.93. The van der Waals surface area contributed by atoms with Crippen LogP contribution in [0.1, 0.15) is 5.56 Å². The lowest BCUT2D eigenvalue weighted by Gasteiger charge is -2.11. The first-order valence-corrected chi connectivity index (χ1v) is 5.77. The Balaban J connectivity index is 2.32. The predicted molar refractivity (Wildman–Crippen MR) is 70.2 cm³/mol. The molecule has 0 fully saturated rings. The van der Waals surface area contributed by atoms with Crippen molar-refractivity contribution in [3.8, 4) is 17.4 Å². The molecule has 1 aromatic heterocycles. The number of nitrogens with zero attached hydrogens (tertiary/aromatic N) is 1. The largest absolute Gasteiger partial charge is 0.493 e. The van der Waals surface area contributed by atoms with Gasteiger partial charge in [-0.3, -0.25) is 0 Å². The minimum atomic E-state index is 0.345. The molecule has 4 nitrogen and oxygen atoms in total. The van der Waals surface area contributed by atoms with E-state index >= 15 is 0 Å². The third kappa shape index (κ3) is 2.72. The SMILES string of the molecule is COc1cc(CN)ccc1Oc1ncccc1Cl. The number of halogens is 1. The third-order valence-corrected chi connectivity index (χ3v) is 2.68. The Morgan fingerprint density at radius 2 is 2.11 bits per heavy atom. The molecule has 0 bridgehead atoms. The van der Waals surface area contributed by atoms with Gasteiger partial charge in [0.05, 0.1) is 7.11 Å². The lowest BCUT2D eigenvalue weighted by molar-refractivity contribution is 0.374. The highest BCUT2D eigenvalue weighted by Crippen LogP contribution is 2.33. The number of hydrogen-bond acceptors (Lipinski definition) is 4. The van der Waals surface area contributed by atoms with Crippen LogP contribution in [-0.4, -0.2) is 12.1 Å². The number of nitrogens with two attached hydrogens (primary N) is 1. The summed E-state index contributed by atoms with van der Waals surface area (Å²) >= 11 is 5.98. The maximum Gasteiger partial charge on any atom is 0.238 e. The third-order valence-electron chi connectivity index (χ3n) is 2.40. The highest BCUT2D eigenvalue weighted by atomic mass is 35.5. The van der Waals surface area contributed by atoms with Crippen molar-refractivity contribution in [2.24, 2.45) is 5.73 Å². The average molecular weight is 265 g/mol. The molecule has 0 aliphatic rings. The first kappa shape index (κ1) is 12.7. The smallest absolute Gasteiger partial charge is 0.238 e. The standard InChI is InChI=1S/C13H13ClN2O2/c1-17-12-7-9(8-15)4-5-11(12)18-13-10(14)3-2-6-16-13/h2-7H,8,15H2,1H3. The Kier molecular flexibility index (Phi) is 4.02. The Bertz CT molecular complexity index is 546. The van der Waals surface area contributed by atoms with Crippen molar-refractivity contribution in [2.45, 2.75) is 6.54 Å². The van der Waals surface area contributed by atoms with Crippen LogP contribution < -0.4 is 15.2 Å². The molecule has 0 aliphatic carbocycles. The van der Waals surface area contributed by atoms with E-state index in [2.05, 4.69) is 4.98 Å². The highest BCUT2D eigenvalue weighted by Gasteiger charge is 2.09. The highest BCUT2D eigenvalue weighted by molar-refractivity contribution is 6.31. The maximum atomic E-state index is 5.98. The van der Waals surface area contributed by atoms with Gasteiger partial charge in [-0.15, -0.1) is 0 Å². The molecule has 2 aromatic rings. The fourth-order valence-electron chi connectivity index (χ4n) is 1.47. The van der Waals surface area contributed by atoms with E-state index < -0.39 is 0 Å². The molecule has 94 valence electrons. The summed E-state index contributed by atoms with van der Waals surface area (Å²) in [6.45, 7) is 0.445. The van der Waals surface area contributed by atoms with Gasteiger partial charge in [-0.2, -0.15) is 0 Å². The molecular formula is C13H13ClN2O2. The molecule has 0 saturated carbocycles. The van der Waals surface area contributed by atoms with E-state index in [-0.39, 0.29) is 0 Å². The quantitative estimate of drug-likeness (QED) is 0.922. The van der Waals surface area contributed by atoms with Crippen molar-refractivity contribution in [3.05, 3.63) is 47.1 Å². The molecule has 1 aromatic carbocycles. The summed E-state index contributed by atoms with van der Waals surface area (Å²) in [5.74, 6) is 1.49. The molecule has 5 heteroatoms. The summed E-state index contributed by atoms with van der Waals surface area (Å²) in [4.78, 5) is 4.06. The molecule has 0 amide bonds. The normalized spacial score (nSPS) is 10.2. The Morgan fingerprint density at radius 3 is 2.78 bits per heavy atom. The fourth-order valence-corrected chi connectivity index (χ4v) is 1.63. The van der Waals surface area contributed by atoms with Crippen molar-refractivity contribution < 1.29 is 9.47 Å². The molecule has 0 aliphatic heterocycles. The van der Waals surface area contributed by atoms with Gasteiger partial charge in [0, 0.05) is 12.7 Å². The van der Waals surface area contributed by atoms with E-state index in [1.165, 1.54) is 0 Å². The van der Waals surface area contributed by atoms with E-state index in [1.54, 1.807) is 31.5 Å². The number of rotatable bonds is 4. The number of aromatic nitrogens is 1. The first-order valence-electron chi connectivity index (χ1n) is 5.40. The van der Waals surface area contributed by atoms with E-state index in [1.807, 2.05) is 12.1 Å². The second kappa shape index (κ2) is 5.71. The second-order valence-electron chi connectivity index (χ2n) is 3.58. The summed E-state index contributed by atoms with van der Waals surface area (Å²) in [5.41, 5.74) is 6.53. The van der Waals surface area contributed by atoms with Crippen LogP contribution in [0.5, 0.6) is 17.4 Å². The second-order valence-corrected chi connectivity index (χ2v) is 3.99. The van der Waals surface area contributed by atoms with Crippen molar-refractivity contribution in [1.82, 2.24) is 4.98 Å². The van der Waals surface area contributed by atoms with Gasteiger partial charge in [0.25, 0.3) is 0 Å². The topological polar surface area (TPSA) is 57.4 Å². The maximum absolute atomic E-state index is 5.98. The molecule has 0 atom stereocenters. The fraction of sp³-hybridized carbons (Fsp3) is 0.154. The zero-order chi connectivity index (χ0) is 13.0. The number of ether oxygens (including phenoxy) is 2. The molecule has 0 saturated heterocycles. The van der Waals surface area contributed by atoms with Crippen LogP contribution in [-0.2, 0) is 6.54 Å². The van der Waals surface area contributed by atoms with Crippen molar-refractivity contribution >= 4 is 11.6 Å². The molecule has 2 N–H and O–H groups in total. The Hall–Kier alpha value is -1.78. The number of pyridine rings is 1. The minimum absolute atomic E-state index is 0.345. The van der Waals surface area contributed by atoms with Crippen molar-refractivity contribution in [3.63, 3.8) is 0 Å². The van der Waals surface area contributed by atoms with Gasteiger partial charge in [-0.25, -0.2) is 4.98 Å².